The minimum Gasteiger partial charge on any atom is -0.497 e. The molecule has 2 N–H and O–H groups in total. The second-order valence-electron chi connectivity index (χ2n) is 6.30. The number of nitrogens with one attached hydrogen (secondary N) is 2. The molecule has 0 heterocycles. The molecule has 0 bridgehead atoms. The van der Waals surface area contributed by atoms with Crippen molar-refractivity contribution in [1.82, 2.24) is 4.72 Å². The summed E-state index contributed by atoms with van der Waals surface area (Å²) in [6, 6.07) is 16.2. The summed E-state index contributed by atoms with van der Waals surface area (Å²) in [5.74, 6) is 0.801. The maximum atomic E-state index is 12.6. The van der Waals surface area contributed by atoms with Gasteiger partial charge in [0.15, 0.2) is 0 Å². The predicted octanol–water partition coefficient (Wildman–Crippen LogP) is 3.40. The molecule has 5 nitrogen and oxygen atoms in total. The molecule has 3 rings (SSSR count). The molecule has 1 aliphatic carbocycles. The second kappa shape index (κ2) is 7.89. The first-order chi connectivity index (χ1) is 12.1. The second-order valence-corrected chi connectivity index (χ2v) is 8.02. The van der Waals surface area contributed by atoms with Crippen molar-refractivity contribution in [1.29, 1.82) is 0 Å². The zero-order chi connectivity index (χ0) is 17.7. The molecule has 134 valence electrons. The monoisotopic (exact) mass is 360 g/mol. The van der Waals surface area contributed by atoms with Crippen molar-refractivity contribution in [2.75, 3.05) is 12.4 Å². The number of benzene rings is 2. The van der Waals surface area contributed by atoms with E-state index in [9.17, 15) is 8.42 Å². The summed E-state index contributed by atoms with van der Waals surface area (Å²) in [6.07, 6.45) is 3.90. The number of hydrogen-bond acceptors (Lipinski definition) is 4. The van der Waals surface area contributed by atoms with E-state index in [1.54, 1.807) is 31.4 Å². The van der Waals surface area contributed by atoms with E-state index >= 15 is 0 Å². The lowest BCUT2D eigenvalue weighted by Gasteiger charge is -2.33. The molecule has 1 saturated carbocycles. The maximum Gasteiger partial charge on any atom is 0.240 e. The van der Waals surface area contributed by atoms with Gasteiger partial charge in [0, 0.05) is 17.8 Å². The zero-order valence-corrected chi connectivity index (χ0v) is 15.1. The van der Waals surface area contributed by atoms with Crippen LogP contribution in [0.2, 0.25) is 0 Å². The number of anilines is 1. The van der Waals surface area contributed by atoms with Gasteiger partial charge in [-0.3, -0.25) is 0 Å². The lowest BCUT2D eigenvalue weighted by atomic mass is 9.91. The Bertz CT molecular complexity index is 776. The highest BCUT2D eigenvalue weighted by Gasteiger charge is 2.29. The molecule has 1 fully saturated rings. The molecule has 0 aliphatic heterocycles. The fourth-order valence-corrected chi connectivity index (χ4v) is 4.55. The molecule has 0 radical (unpaired) electrons. The lowest BCUT2D eigenvalue weighted by molar-refractivity contribution is 0.378. The van der Waals surface area contributed by atoms with E-state index < -0.39 is 10.0 Å². The third kappa shape index (κ3) is 4.52. The third-order valence-electron chi connectivity index (χ3n) is 4.57. The van der Waals surface area contributed by atoms with Crippen molar-refractivity contribution >= 4 is 15.7 Å². The molecule has 1 aliphatic rings. The molecule has 2 atom stereocenters. The maximum absolute atomic E-state index is 12.6. The summed E-state index contributed by atoms with van der Waals surface area (Å²) in [4.78, 5) is 0.309. The highest BCUT2D eigenvalue weighted by molar-refractivity contribution is 7.89. The topological polar surface area (TPSA) is 67.4 Å². The van der Waals surface area contributed by atoms with Crippen LogP contribution < -0.4 is 14.8 Å². The number of rotatable bonds is 6. The first-order valence-electron chi connectivity index (χ1n) is 8.56. The van der Waals surface area contributed by atoms with Gasteiger partial charge in [0.2, 0.25) is 10.0 Å². The molecular weight excluding hydrogens is 336 g/mol. The van der Waals surface area contributed by atoms with Crippen LogP contribution in [0, 0.1) is 0 Å². The van der Waals surface area contributed by atoms with Crippen LogP contribution in [-0.4, -0.2) is 27.6 Å². The van der Waals surface area contributed by atoms with Gasteiger partial charge in [-0.25, -0.2) is 13.1 Å². The van der Waals surface area contributed by atoms with Crippen molar-refractivity contribution < 1.29 is 13.2 Å². The molecule has 0 aromatic heterocycles. The van der Waals surface area contributed by atoms with E-state index in [4.69, 9.17) is 4.74 Å². The van der Waals surface area contributed by atoms with Crippen molar-refractivity contribution in [3.8, 4) is 5.75 Å². The summed E-state index contributed by atoms with van der Waals surface area (Å²) in [5.41, 5.74) is 0.969. The lowest BCUT2D eigenvalue weighted by Crippen LogP contribution is -2.48. The SMILES string of the molecule is COc1ccc(NC2CCCCC2NS(=O)(=O)c2ccccc2)cc1. The predicted molar refractivity (Wildman–Crippen MR) is 99.4 cm³/mol. The van der Waals surface area contributed by atoms with Gasteiger partial charge in [0.05, 0.1) is 12.0 Å². The molecule has 2 aromatic rings. The van der Waals surface area contributed by atoms with Gasteiger partial charge in [-0.05, 0) is 49.2 Å². The summed E-state index contributed by atoms with van der Waals surface area (Å²) in [7, 11) is -1.87. The number of methoxy groups -OCH3 is 1. The van der Waals surface area contributed by atoms with Crippen LogP contribution in [-0.2, 0) is 10.0 Å². The van der Waals surface area contributed by atoms with E-state index in [1.165, 1.54) is 0 Å². The van der Waals surface area contributed by atoms with Crippen LogP contribution in [0.3, 0.4) is 0 Å². The Morgan fingerprint density at radius 1 is 0.920 bits per heavy atom. The summed E-state index contributed by atoms with van der Waals surface area (Å²) >= 11 is 0. The molecule has 0 saturated heterocycles. The zero-order valence-electron chi connectivity index (χ0n) is 14.3. The Kier molecular flexibility index (Phi) is 5.60. The van der Waals surface area contributed by atoms with Crippen LogP contribution in [0.15, 0.2) is 59.5 Å². The van der Waals surface area contributed by atoms with Crippen molar-refractivity contribution in [2.45, 2.75) is 42.7 Å². The Morgan fingerprint density at radius 2 is 1.56 bits per heavy atom. The van der Waals surface area contributed by atoms with Crippen LogP contribution >= 0.6 is 0 Å². The van der Waals surface area contributed by atoms with E-state index in [1.807, 2.05) is 30.3 Å². The Labute approximate surface area is 149 Å². The molecule has 6 heteroatoms. The smallest absolute Gasteiger partial charge is 0.240 e. The Morgan fingerprint density at radius 3 is 2.20 bits per heavy atom. The summed E-state index contributed by atoms with van der Waals surface area (Å²) in [6.45, 7) is 0. The quantitative estimate of drug-likeness (QED) is 0.828. The normalized spacial score (nSPS) is 20.8. The van der Waals surface area contributed by atoms with Crippen LogP contribution in [0.25, 0.3) is 0 Å². The van der Waals surface area contributed by atoms with Gasteiger partial charge in [0.1, 0.15) is 5.75 Å². The van der Waals surface area contributed by atoms with Gasteiger partial charge in [0.25, 0.3) is 0 Å². The van der Waals surface area contributed by atoms with Gasteiger partial charge in [-0.1, -0.05) is 31.0 Å². The minimum atomic E-state index is -3.51. The molecule has 25 heavy (non-hydrogen) atoms. The summed E-state index contributed by atoms with van der Waals surface area (Å²) < 4.78 is 33.3. The summed E-state index contributed by atoms with van der Waals surface area (Å²) in [5, 5.41) is 3.47. The number of sulfonamides is 1. The first kappa shape index (κ1) is 17.8. The van der Waals surface area contributed by atoms with Crippen LogP contribution in [0.5, 0.6) is 5.75 Å². The number of hydrogen-bond donors (Lipinski definition) is 2. The third-order valence-corrected chi connectivity index (χ3v) is 6.07. The highest BCUT2D eigenvalue weighted by atomic mass is 32.2. The fraction of sp³-hybridized carbons (Fsp3) is 0.368. The largest absolute Gasteiger partial charge is 0.497 e. The van der Waals surface area contributed by atoms with E-state index in [-0.39, 0.29) is 12.1 Å². The Hall–Kier alpha value is -2.05. The van der Waals surface area contributed by atoms with Crippen molar-refractivity contribution in [3.05, 3.63) is 54.6 Å². The van der Waals surface area contributed by atoms with E-state index in [2.05, 4.69) is 10.0 Å². The molecule has 0 spiro atoms. The molecule has 2 unspecified atom stereocenters. The number of ether oxygens (including phenoxy) is 1. The first-order valence-corrected chi connectivity index (χ1v) is 10.0. The Balaban J connectivity index is 1.72. The average Bonchev–Trinajstić information content (AvgIpc) is 2.64. The standard InChI is InChI=1S/C19H24N2O3S/c1-24-16-13-11-15(12-14-16)20-18-9-5-6-10-19(18)21-25(22,23)17-7-3-2-4-8-17/h2-4,7-8,11-14,18-21H,5-6,9-10H2,1H3. The highest BCUT2D eigenvalue weighted by Crippen LogP contribution is 2.25. The van der Waals surface area contributed by atoms with E-state index in [0.717, 1.165) is 37.1 Å². The van der Waals surface area contributed by atoms with Crippen molar-refractivity contribution in [3.63, 3.8) is 0 Å². The minimum absolute atomic E-state index is 0.0700. The molecule has 0 amide bonds. The van der Waals surface area contributed by atoms with Gasteiger partial charge in [-0.15, -0.1) is 0 Å². The van der Waals surface area contributed by atoms with Gasteiger partial charge >= 0.3 is 0 Å². The fourth-order valence-electron chi connectivity index (χ4n) is 3.21. The van der Waals surface area contributed by atoms with Crippen LogP contribution in [0.1, 0.15) is 25.7 Å². The average molecular weight is 360 g/mol. The van der Waals surface area contributed by atoms with Crippen molar-refractivity contribution in [2.24, 2.45) is 0 Å². The molecule has 2 aromatic carbocycles. The van der Waals surface area contributed by atoms with Gasteiger partial charge in [-0.2, -0.15) is 0 Å². The molecular formula is C19H24N2O3S. The van der Waals surface area contributed by atoms with Gasteiger partial charge < -0.3 is 10.1 Å². The van der Waals surface area contributed by atoms with Crippen LogP contribution in [0.4, 0.5) is 5.69 Å². The van der Waals surface area contributed by atoms with E-state index in [0.29, 0.717) is 4.90 Å².